The zero-order chi connectivity index (χ0) is 20.4. The Morgan fingerprint density at radius 1 is 1.17 bits per heavy atom. The molecular formula is C22H24N2O4S. The summed E-state index contributed by atoms with van der Waals surface area (Å²) < 4.78 is 5.20. The summed E-state index contributed by atoms with van der Waals surface area (Å²) in [5, 5.41) is 5.58. The van der Waals surface area contributed by atoms with Crippen LogP contribution in [0.4, 0.5) is 5.69 Å². The van der Waals surface area contributed by atoms with Crippen LogP contribution >= 0.6 is 11.3 Å². The number of hydrogen-bond acceptors (Lipinski definition) is 5. The minimum Gasteiger partial charge on any atom is -0.451 e. The molecule has 0 saturated heterocycles. The number of carbonyl (C=O) groups excluding carboxylic acids is 3. The molecule has 2 aliphatic carbocycles. The largest absolute Gasteiger partial charge is 0.451 e. The van der Waals surface area contributed by atoms with Crippen molar-refractivity contribution in [2.45, 2.75) is 45.1 Å². The molecule has 0 aliphatic heterocycles. The molecule has 2 aliphatic rings. The second-order valence-corrected chi connectivity index (χ2v) is 8.96. The number of para-hydroxylation sites is 1. The molecule has 0 unspecified atom stereocenters. The molecule has 1 aromatic carbocycles. The number of nitrogens with one attached hydrogen (secondary N) is 2. The predicted molar refractivity (Wildman–Crippen MR) is 111 cm³/mol. The molecule has 7 heteroatoms. The zero-order valence-electron chi connectivity index (χ0n) is 16.3. The first kappa shape index (κ1) is 19.6. The molecule has 2 aromatic rings. The number of hydrogen-bond donors (Lipinski definition) is 2. The molecule has 2 amide bonds. The van der Waals surface area contributed by atoms with E-state index in [4.69, 9.17) is 4.74 Å². The van der Waals surface area contributed by atoms with Gasteiger partial charge in [0.1, 0.15) is 4.88 Å². The average Bonchev–Trinajstić information content (AvgIpc) is 3.41. The van der Waals surface area contributed by atoms with Crippen molar-refractivity contribution in [3.63, 3.8) is 0 Å². The van der Waals surface area contributed by atoms with Crippen molar-refractivity contribution in [3.05, 3.63) is 51.2 Å². The lowest BCUT2D eigenvalue weighted by molar-refractivity contribution is -0.119. The highest BCUT2D eigenvalue weighted by molar-refractivity contribution is 7.14. The van der Waals surface area contributed by atoms with Crippen LogP contribution < -0.4 is 10.6 Å². The summed E-state index contributed by atoms with van der Waals surface area (Å²) in [6.45, 7) is 1.82. The van der Waals surface area contributed by atoms with Gasteiger partial charge in [0.05, 0.1) is 11.3 Å². The van der Waals surface area contributed by atoms with E-state index in [-0.39, 0.29) is 11.9 Å². The normalized spacial score (nSPS) is 17.9. The van der Waals surface area contributed by atoms with E-state index in [1.165, 1.54) is 21.8 Å². The maximum Gasteiger partial charge on any atom is 0.348 e. The smallest absolute Gasteiger partial charge is 0.348 e. The Labute approximate surface area is 173 Å². The number of anilines is 1. The SMILES string of the molecule is C[C@H]1CCc2sc(C(=O)OCC(=O)Nc3ccccc3C(=O)NC3CC3)cc2C1. The van der Waals surface area contributed by atoms with Gasteiger partial charge >= 0.3 is 5.97 Å². The topological polar surface area (TPSA) is 84.5 Å². The number of benzene rings is 1. The molecule has 0 bridgehead atoms. The highest BCUT2D eigenvalue weighted by Gasteiger charge is 2.25. The fourth-order valence-corrected chi connectivity index (χ4v) is 4.58. The van der Waals surface area contributed by atoms with Gasteiger partial charge in [-0.15, -0.1) is 11.3 Å². The summed E-state index contributed by atoms with van der Waals surface area (Å²) in [6, 6.07) is 8.94. The molecule has 2 N–H and O–H groups in total. The molecule has 1 heterocycles. The molecule has 152 valence electrons. The Morgan fingerprint density at radius 2 is 1.97 bits per heavy atom. The molecule has 0 radical (unpaired) electrons. The van der Waals surface area contributed by atoms with E-state index >= 15 is 0 Å². The number of fused-ring (bicyclic) bond motifs is 1. The minimum atomic E-state index is -0.480. The van der Waals surface area contributed by atoms with Crippen molar-refractivity contribution in [1.82, 2.24) is 5.32 Å². The summed E-state index contributed by atoms with van der Waals surface area (Å²) >= 11 is 1.46. The van der Waals surface area contributed by atoms with Crippen molar-refractivity contribution >= 4 is 34.8 Å². The standard InChI is InChI=1S/C22H24N2O4S/c1-13-6-9-18-14(10-13)11-19(29-18)22(27)28-12-20(25)24-17-5-3-2-4-16(17)21(26)23-15-7-8-15/h2-5,11,13,15H,6-10,12H2,1H3,(H,23,26)(H,24,25)/t13-/m0/s1. The third-order valence-electron chi connectivity index (χ3n) is 5.22. The van der Waals surface area contributed by atoms with E-state index in [0.717, 1.165) is 32.1 Å². The summed E-state index contributed by atoms with van der Waals surface area (Å²) in [4.78, 5) is 38.7. The third-order valence-corrected chi connectivity index (χ3v) is 6.44. The van der Waals surface area contributed by atoms with Gasteiger partial charge in [0.25, 0.3) is 11.8 Å². The molecule has 1 fully saturated rings. The average molecular weight is 413 g/mol. The molecular weight excluding hydrogens is 388 g/mol. The number of esters is 1. The predicted octanol–water partition coefficient (Wildman–Crippen LogP) is 3.56. The fraction of sp³-hybridized carbons (Fsp3) is 0.409. The Kier molecular flexibility index (Phi) is 5.67. The lowest BCUT2D eigenvalue weighted by Crippen LogP contribution is -2.27. The number of carbonyl (C=O) groups is 3. The van der Waals surface area contributed by atoms with E-state index in [0.29, 0.717) is 22.0 Å². The first-order valence-electron chi connectivity index (χ1n) is 9.98. The Balaban J connectivity index is 1.33. The van der Waals surface area contributed by atoms with E-state index in [9.17, 15) is 14.4 Å². The monoisotopic (exact) mass is 412 g/mol. The van der Waals surface area contributed by atoms with Gasteiger partial charge in [-0.3, -0.25) is 9.59 Å². The third kappa shape index (κ3) is 4.85. The number of amides is 2. The van der Waals surface area contributed by atoms with Crippen LogP contribution in [0.2, 0.25) is 0 Å². The van der Waals surface area contributed by atoms with E-state index in [1.54, 1.807) is 24.3 Å². The summed E-state index contributed by atoms with van der Waals surface area (Å²) in [6.07, 6.45) is 5.09. The molecule has 4 rings (SSSR count). The molecule has 6 nitrogen and oxygen atoms in total. The second kappa shape index (κ2) is 8.37. The highest BCUT2D eigenvalue weighted by atomic mass is 32.1. The van der Waals surface area contributed by atoms with Crippen LogP contribution in [0.1, 0.15) is 56.7 Å². The Morgan fingerprint density at radius 3 is 2.76 bits per heavy atom. The van der Waals surface area contributed by atoms with Gasteiger partial charge < -0.3 is 15.4 Å². The van der Waals surface area contributed by atoms with Crippen molar-refractivity contribution in [3.8, 4) is 0 Å². The van der Waals surface area contributed by atoms with E-state index < -0.39 is 18.5 Å². The van der Waals surface area contributed by atoms with E-state index in [2.05, 4.69) is 17.6 Å². The number of thiophene rings is 1. The maximum absolute atomic E-state index is 12.3. The zero-order valence-corrected chi connectivity index (χ0v) is 17.1. The van der Waals surface area contributed by atoms with Gasteiger partial charge in [0.2, 0.25) is 0 Å². The van der Waals surface area contributed by atoms with Crippen LogP contribution in [0.5, 0.6) is 0 Å². The number of aryl methyl sites for hydroxylation is 1. The molecule has 1 aromatic heterocycles. The first-order valence-corrected chi connectivity index (χ1v) is 10.8. The van der Waals surface area contributed by atoms with Crippen molar-refractivity contribution < 1.29 is 19.1 Å². The minimum absolute atomic E-state index is 0.209. The highest BCUT2D eigenvalue weighted by Crippen LogP contribution is 2.32. The lowest BCUT2D eigenvalue weighted by atomic mass is 9.90. The first-order chi connectivity index (χ1) is 14.0. The summed E-state index contributed by atoms with van der Waals surface area (Å²) in [7, 11) is 0. The van der Waals surface area contributed by atoms with Gasteiger partial charge in [-0.25, -0.2) is 4.79 Å². The van der Waals surface area contributed by atoms with Crippen LogP contribution in [0.25, 0.3) is 0 Å². The van der Waals surface area contributed by atoms with Gasteiger partial charge in [-0.2, -0.15) is 0 Å². The molecule has 29 heavy (non-hydrogen) atoms. The second-order valence-electron chi connectivity index (χ2n) is 7.82. The maximum atomic E-state index is 12.3. The van der Waals surface area contributed by atoms with Crippen LogP contribution in [-0.4, -0.2) is 30.4 Å². The lowest BCUT2D eigenvalue weighted by Gasteiger charge is -2.16. The Bertz CT molecular complexity index is 948. The molecule has 1 saturated carbocycles. The molecule has 0 spiro atoms. The van der Waals surface area contributed by atoms with Crippen LogP contribution in [0, 0.1) is 5.92 Å². The van der Waals surface area contributed by atoms with Gasteiger partial charge in [-0.05, 0) is 61.8 Å². The van der Waals surface area contributed by atoms with Crippen LogP contribution in [-0.2, 0) is 22.4 Å². The summed E-state index contributed by atoms with van der Waals surface area (Å²) in [5.74, 6) is -0.533. The fourth-order valence-electron chi connectivity index (χ4n) is 3.48. The van der Waals surface area contributed by atoms with Crippen LogP contribution in [0.15, 0.2) is 30.3 Å². The summed E-state index contributed by atoms with van der Waals surface area (Å²) in [5.41, 5.74) is 2.03. The van der Waals surface area contributed by atoms with Gasteiger partial charge in [-0.1, -0.05) is 19.1 Å². The van der Waals surface area contributed by atoms with Gasteiger partial charge in [0.15, 0.2) is 6.61 Å². The van der Waals surface area contributed by atoms with E-state index in [1.807, 2.05) is 6.07 Å². The van der Waals surface area contributed by atoms with Gasteiger partial charge in [0, 0.05) is 10.9 Å². The molecule has 1 atom stereocenters. The van der Waals surface area contributed by atoms with Crippen molar-refractivity contribution in [1.29, 1.82) is 0 Å². The van der Waals surface area contributed by atoms with Crippen molar-refractivity contribution in [2.75, 3.05) is 11.9 Å². The Hall–Kier alpha value is -2.67. The number of ether oxygens (including phenoxy) is 1. The van der Waals surface area contributed by atoms with Crippen LogP contribution in [0.3, 0.4) is 0 Å². The quantitative estimate of drug-likeness (QED) is 0.711. The number of rotatable bonds is 6. The van der Waals surface area contributed by atoms with Crippen molar-refractivity contribution in [2.24, 2.45) is 5.92 Å².